The second kappa shape index (κ2) is 4.10. The van der Waals surface area contributed by atoms with Gasteiger partial charge in [0.1, 0.15) is 6.04 Å². The van der Waals surface area contributed by atoms with E-state index in [1.165, 1.54) is 0 Å². The molecule has 0 bridgehead atoms. The van der Waals surface area contributed by atoms with Crippen LogP contribution in [0.1, 0.15) is 11.6 Å². The highest BCUT2D eigenvalue weighted by Gasteiger charge is 2.16. The Morgan fingerprint density at radius 2 is 1.84 bits per heavy atom. The molecule has 0 saturated carbocycles. The van der Waals surface area contributed by atoms with E-state index in [0.717, 1.165) is 21.8 Å². The van der Waals surface area contributed by atoms with E-state index in [1.807, 2.05) is 37.4 Å². The molecule has 1 atom stereocenters. The molecular weight excluding hydrogens is 240 g/mol. The van der Waals surface area contributed by atoms with Crippen molar-refractivity contribution in [3.8, 4) is 0 Å². The smallest absolute Gasteiger partial charge is 0.325 e. The number of aliphatic carboxylic acids is 1. The Hall–Kier alpha value is -2.33. The van der Waals surface area contributed by atoms with Crippen LogP contribution in [0.15, 0.2) is 42.5 Å². The molecule has 1 aromatic heterocycles. The number of carboxylic acids is 1. The zero-order valence-electron chi connectivity index (χ0n) is 10.5. The maximum atomic E-state index is 11.0. The van der Waals surface area contributed by atoms with Gasteiger partial charge in [-0.15, -0.1) is 0 Å². The Morgan fingerprint density at radius 1 is 1.16 bits per heavy atom. The third-order valence-corrected chi connectivity index (χ3v) is 3.56. The van der Waals surface area contributed by atoms with Gasteiger partial charge in [0.2, 0.25) is 0 Å². The van der Waals surface area contributed by atoms with Crippen molar-refractivity contribution in [1.29, 1.82) is 0 Å². The van der Waals surface area contributed by atoms with Crippen LogP contribution in [0.2, 0.25) is 0 Å². The fourth-order valence-electron chi connectivity index (χ4n) is 2.51. The molecule has 3 rings (SSSR count). The van der Waals surface area contributed by atoms with Crippen molar-refractivity contribution >= 4 is 27.8 Å². The lowest BCUT2D eigenvalue weighted by atomic mass is 10.0. The Balaban J connectivity index is 2.32. The number of hydrogen-bond acceptors (Lipinski definition) is 2. The largest absolute Gasteiger partial charge is 0.480 e. The van der Waals surface area contributed by atoms with Crippen LogP contribution in [0.5, 0.6) is 0 Å². The highest BCUT2D eigenvalue weighted by molar-refractivity contribution is 6.08. The Morgan fingerprint density at radius 3 is 2.58 bits per heavy atom. The minimum Gasteiger partial charge on any atom is -0.480 e. The van der Waals surface area contributed by atoms with Gasteiger partial charge in [0.15, 0.2) is 0 Å². The average molecular weight is 254 g/mol. The molecule has 4 heteroatoms. The number of para-hydroxylation sites is 1. The minimum absolute atomic E-state index is 0.617. The number of aromatic nitrogens is 1. The van der Waals surface area contributed by atoms with Gasteiger partial charge >= 0.3 is 5.97 Å². The summed E-state index contributed by atoms with van der Waals surface area (Å²) >= 11 is 0. The van der Waals surface area contributed by atoms with Crippen LogP contribution in [0.3, 0.4) is 0 Å². The number of carbonyl (C=O) groups is 1. The molecule has 3 N–H and O–H groups in total. The molecule has 1 heterocycles. The van der Waals surface area contributed by atoms with Crippen LogP contribution >= 0.6 is 0 Å². The molecule has 0 spiro atoms. The van der Waals surface area contributed by atoms with E-state index in [-0.39, 0.29) is 0 Å². The van der Waals surface area contributed by atoms with Crippen molar-refractivity contribution in [1.82, 2.24) is 4.57 Å². The predicted octanol–water partition coefficient (Wildman–Crippen LogP) is 2.42. The minimum atomic E-state index is -1.02. The van der Waals surface area contributed by atoms with E-state index in [2.05, 4.69) is 10.6 Å². The van der Waals surface area contributed by atoms with Gasteiger partial charge in [-0.1, -0.05) is 30.3 Å². The van der Waals surface area contributed by atoms with Crippen molar-refractivity contribution < 1.29 is 9.90 Å². The molecule has 19 heavy (non-hydrogen) atoms. The summed E-state index contributed by atoms with van der Waals surface area (Å²) in [6, 6.07) is 12.7. The number of nitrogens with zero attached hydrogens (tertiary/aromatic N) is 1. The second-order valence-electron chi connectivity index (χ2n) is 4.67. The van der Waals surface area contributed by atoms with Gasteiger partial charge in [-0.05, 0) is 17.7 Å². The van der Waals surface area contributed by atoms with E-state index < -0.39 is 12.0 Å². The molecule has 4 nitrogen and oxygen atoms in total. The molecule has 0 saturated heterocycles. The van der Waals surface area contributed by atoms with Crippen LogP contribution in [0, 0.1) is 0 Å². The normalized spacial score (nSPS) is 12.9. The van der Waals surface area contributed by atoms with Crippen molar-refractivity contribution in [2.75, 3.05) is 0 Å². The standard InChI is InChI=1S/C15H14N2O2/c1-17-12-5-3-2-4-10(12)11-7-6-9(8-13(11)17)14(16)15(18)19/h2-8,14H,16H2,1H3,(H,18,19)/t14-/m0/s1. The quantitative estimate of drug-likeness (QED) is 0.738. The van der Waals surface area contributed by atoms with Gasteiger partial charge < -0.3 is 15.4 Å². The first-order valence-corrected chi connectivity index (χ1v) is 6.05. The lowest BCUT2D eigenvalue weighted by molar-refractivity contribution is -0.138. The third-order valence-electron chi connectivity index (χ3n) is 3.56. The highest BCUT2D eigenvalue weighted by Crippen LogP contribution is 2.29. The van der Waals surface area contributed by atoms with E-state index in [0.29, 0.717) is 5.56 Å². The zero-order valence-corrected chi connectivity index (χ0v) is 10.5. The summed E-state index contributed by atoms with van der Waals surface area (Å²) in [5, 5.41) is 11.3. The van der Waals surface area contributed by atoms with Crippen LogP contribution < -0.4 is 5.73 Å². The molecule has 0 aliphatic rings. The summed E-state index contributed by atoms with van der Waals surface area (Å²) in [6.07, 6.45) is 0. The number of nitrogens with two attached hydrogens (primary N) is 1. The Bertz CT molecular complexity index is 789. The first kappa shape index (κ1) is 11.7. The number of fused-ring (bicyclic) bond motifs is 3. The maximum absolute atomic E-state index is 11.0. The summed E-state index contributed by atoms with van der Waals surface area (Å²) in [5.41, 5.74) is 8.40. The van der Waals surface area contributed by atoms with E-state index >= 15 is 0 Å². The average Bonchev–Trinajstić information content (AvgIpc) is 2.72. The molecule has 0 amide bonds. The lowest BCUT2D eigenvalue weighted by Crippen LogP contribution is -2.20. The second-order valence-corrected chi connectivity index (χ2v) is 4.67. The van der Waals surface area contributed by atoms with Crippen molar-refractivity contribution in [3.63, 3.8) is 0 Å². The van der Waals surface area contributed by atoms with Crippen LogP contribution in [-0.4, -0.2) is 15.6 Å². The number of benzene rings is 2. The summed E-state index contributed by atoms with van der Waals surface area (Å²) in [7, 11) is 1.97. The van der Waals surface area contributed by atoms with E-state index in [4.69, 9.17) is 10.8 Å². The van der Waals surface area contributed by atoms with Gasteiger partial charge in [0.25, 0.3) is 0 Å². The first-order chi connectivity index (χ1) is 9.09. The molecule has 0 unspecified atom stereocenters. The molecule has 0 aliphatic heterocycles. The van der Waals surface area contributed by atoms with Crippen LogP contribution in [0.4, 0.5) is 0 Å². The number of hydrogen-bond donors (Lipinski definition) is 2. The lowest BCUT2D eigenvalue weighted by Gasteiger charge is -2.07. The SMILES string of the molecule is Cn1c2ccccc2c2ccc([C@H](N)C(=O)O)cc21. The van der Waals surface area contributed by atoms with Crippen molar-refractivity contribution in [3.05, 3.63) is 48.0 Å². The third kappa shape index (κ3) is 1.69. The fraction of sp³-hybridized carbons (Fsp3) is 0.133. The van der Waals surface area contributed by atoms with Gasteiger partial charge in [-0.25, -0.2) is 0 Å². The van der Waals surface area contributed by atoms with Gasteiger partial charge in [0.05, 0.1) is 0 Å². The summed E-state index contributed by atoms with van der Waals surface area (Å²) in [4.78, 5) is 11.0. The first-order valence-electron chi connectivity index (χ1n) is 6.05. The number of rotatable bonds is 2. The van der Waals surface area contributed by atoms with E-state index in [9.17, 15) is 4.79 Å². The maximum Gasteiger partial charge on any atom is 0.325 e. The van der Waals surface area contributed by atoms with Gasteiger partial charge in [-0.3, -0.25) is 4.79 Å². The molecule has 96 valence electrons. The molecule has 3 aromatic rings. The summed E-state index contributed by atoms with van der Waals surface area (Å²) in [5.74, 6) is -1.02. The molecular formula is C15H14N2O2. The molecule has 0 aliphatic carbocycles. The monoisotopic (exact) mass is 254 g/mol. The summed E-state index contributed by atoms with van der Waals surface area (Å²) in [6.45, 7) is 0. The fourth-order valence-corrected chi connectivity index (χ4v) is 2.51. The van der Waals surface area contributed by atoms with E-state index in [1.54, 1.807) is 6.07 Å². The van der Waals surface area contributed by atoms with Gasteiger partial charge in [0, 0.05) is 28.9 Å². The number of aryl methyl sites for hydroxylation is 1. The molecule has 0 radical (unpaired) electrons. The predicted molar refractivity (Wildman–Crippen MR) is 75.0 cm³/mol. The highest BCUT2D eigenvalue weighted by atomic mass is 16.4. The Kier molecular flexibility index (Phi) is 2.54. The summed E-state index contributed by atoms with van der Waals surface area (Å²) < 4.78 is 2.06. The number of carboxylic acid groups (broad SMARTS) is 1. The van der Waals surface area contributed by atoms with Crippen LogP contribution in [0.25, 0.3) is 21.8 Å². The van der Waals surface area contributed by atoms with Crippen LogP contribution in [-0.2, 0) is 11.8 Å². The molecule has 2 aromatic carbocycles. The van der Waals surface area contributed by atoms with Crippen molar-refractivity contribution in [2.45, 2.75) is 6.04 Å². The zero-order chi connectivity index (χ0) is 13.6. The van der Waals surface area contributed by atoms with Crippen molar-refractivity contribution in [2.24, 2.45) is 12.8 Å². The molecule has 0 fully saturated rings. The topological polar surface area (TPSA) is 68.2 Å². The van der Waals surface area contributed by atoms with Gasteiger partial charge in [-0.2, -0.15) is 0 Å². The Labute approximate surface area is 110 Å².